The number of nitrogens with zero attached hydrogens (tertiary/aromatic N) is 1. The van der Waals surface area contributed by atoms with E-state index in [4.69, 9.17) is 5.26 Å². The normalized spacial score (nSPS) is 11.2. The molecule has 0 rings (SSSR count). The van der Waals surface area contributed by atoms with E-state index >= 15 is 0 Å². The largest absolute Gasteiger partial charge is 0.465 e. The molecule has 0 heterocycles. The van der Waals surface area contributed by atoms with Crippen molar-refractivity contribution in [2.75, 3.05) is 13.2 Å². The molecule has 1 N–H and O–H groups in total. The zero-order valence-corrected chi connectivity index (χ0v) is 8.37. The number of nitrogens with one attached hydrogen (secondary N) is 1. The van der Waals surface area contributed by atoms with Crippen LogP contribution in [-0.2, 0) is 14.3 Å². The predicted molar refractivity (Wildman–Crippen MR) is 49.0 cm³/mol. The van der Waals surface area contributed by atoms with Crippen LogP contribution < -0.4 is 5.32 Å². The van der Waals surface area contributed by atoms with Gasteiger partial charge in [0.1, 0.15) is 0 Å². The van der Waals surface area contributed by atoms with Gasteiger partial charge in [-0.2, -0.15) is 5.26 Å². The van der Waals surface area contributed by atoms with Gasteiger partial charge in [-0.3, -0.25) is 9.59 Å². The van der Waals surface area contributed by atoms with Gasteiger partial charge in [-0.25, -0.2) is 0 Å². The second-order valence-electron chi connectivity index (χ2n) is 2.61. The van der Waals surface area contributed by atoms with Crippen molar-refractivity contribution in [1.29, 1.82) is 5.26 Å². The highest BCUT2D eigenvalue weighted by atomic mass is 16.5. The highest BCUT2D eigenvalue weighted by Crippen LogP contribution is 1.98. The standard InChI is InChI=1S/C9H14N2O3/c1-3-5-11-8(12)7(6-10)9(13)14-4-2/h7H,3-5H2,1-2H3,(H,11,12). The average Bonchev–Trinajstić information content (AvgIpc) is 2.16. The summed E-state index contributed by atoms with van der Waals surface area (Å²) in [6.45, 7) is 4.12. The molecule has 0 fully saturated rings. The van der Waals surface area contributed by atoms with Crippen LogP contribution in [0.3, 0.4) is 0 Å². The molecule has 0 aromatic heterocycles. The van der Waals surface area contributed by atoms with Crippen molar-refractivity contribution in [3.8, 4) is 6.07 Å². The third-order valence-electron chi connectivity index (χ3n) is 1.46. The van der Waals surface area contributed by atoms with Crippen LogP contribution in [0.4, 0.5) is 0 Å². The van der Waals surface area contributed by atoms with Gasteiger partial charge in [0.05, 0.1) is 12.7 Å². The van der Waals surface area contributed by atoms with Crippen LogP contribution in [-0.4, -0.2) is 25.0 Å². The van der Waals surface area contributed by atoms with Gasteiger partial charge in [-0.05, 0) is 13.3 Å². The van der Waals surface area contributed by atoms with Crippen LogP contribution in [0.15, 0.2) is 0 Å². The molecule has 5 nitrogen and oxygen atoms in total. The predicted octanol–water partition coefficient (Wildman–Crippen LogP) is 0.215. The topological polar surface area (TPSA) is 79.2 Å². The number of ether oxygens (including phenoxy) is 1. The van der Waals surface area contributed by atoms with Gasteiger partial charge in [-0.15, -0.1) is 0 Å². The first-order valence-corrected chi connectivity index (χ1v) is 4.51. The van der Waals surface area contributed by atoms with Gasteiger partial charge in [0.2, 0.25) is 11.8 Å². The smallest absolute Gasteiger partial charge is 0.333 e. The summed E-state index contributed by atoms with van der Waals surface area (Å²) in [6, 6.07) is 1.61. The molecule has 0 spiro atoms. The maximum Gasteiger partial charge on any atom is 0.333 e. The van der Waals surface area contributed by atoms with Crippen molar-refractivity contribution >= 4 is 11.9 Å². The summed E-state index contributed by atoms with van der Waals surface area (Å²) in [6.07, 6.45) is 0.757. The van der Waals surface area contributed by atoms with Gasteiger partial charge in [0, 0.05) is 6.54 Å². The van der Waals surface area contributed by atoms with E-state index in [1.807, 2.05) is 6.92 Å². The van der Waals surface area contributed by atoms with E-state index in [1.165, 1.54) is 0 Å². The van der Waals surface area contributed by atoms with E-state index in [1.54, 1.807) is 13.0 Å². The molecule has 0 aliphatic heterocycles. The molecular weight excluding hydrogens is 184 g/mol. The van der Waals surface area contributed by atoms with Crippen molar-refractivity contribution in [2.24, 2.45) is 5.92 Å². The Kier molecular flexibility index (Phi) is 6.12. The van der Waals surface area contributed by atoms with E-state index in [0.29, 0.717) is 6.54 Å². The quantitative estimate of drug-likeness (QED) is 0.506. The Balaban J connectivity index is 4.20. The summed E-state index contributed by atoms with van der Waals surface area (Å²) in [4.78, 5) is 22.3. The number of hydrogen-bond donors (Lipinski definition) is 1. The van der Waals surface area contributed by atoms with Gasteiger partial charge < -0.3 is 10.1 Å². The minimum Gasteiger partial charge on any atom is -0.465 e. The number of nitriles is 1. The van der Waals surface area contributed by atoms with Crippen molar-refractivity contribution in [3.63, 3.8) is 0 Å². The van der Waals surface area contributed by atoms with E-state index in [-0.39, 0.29) is 6.61 Å². The Bertz CT molecular complexity index is 245. The SMILES string of the molecule is CCCNC(=O)C(C#N)C(=O)OCC. The molecule has 0 radical (unpaired) electrons. The van der Waals surface area contributed by atoms with Crippen LogP contribution in [0.1, 0.15) is 20.3 Å². The fourth-order valence-electron chi connectivity index (χ4n) is 0.794. The lowest BCUT2D eigenvalue weighted by atomic mass is 10.1. The third-order valence-corrected chi connectivity index (χ3v) is 1.46. The Morgan fingerprint density at radius 2 is 2.14 bits per heavy atom. The Labute approximate surface area is 83.0 Å². The molecule has 0 aromatic carbocycles. The number of rotatable bonds is 5. The van der Waals surface area contributed by atoms with E-state index < -0.39 is 17.8 Å². The molecule has 1 amide bonds. The molecule has 0 saturated heterocycles. The summed E-state index contributed by atoms with van der Waals surface area (Å²) in [5.74, 6) is -2.72. The summed E-state index contributed by atoms with van der Waals surface area (Å²) >= 11 is 0. The lowest BCUT2D eigenvalue weighted by Crippen LogP contribution is -2.35. The zero-order chi connectivity index (χ0) is 11.0. The van der Waals surface area contributed by atoms with Crippen molar-refractivity contribution in [1.82, 2.24) is 5.32 Å². The van der Waals surface area contributed by atoms with Crippen LogP contribution in [0, 0.1) is 17.2 Å². The highest BCUT2D eigenvalue weighted by Gasteiger charge is 2.27. The molecular formula is C9H14N2O3. The van der Waals surface area contributed by atoms with Crippen LogP contribution in [0.25, 0.3) is 0 Å². The molecule has 1 atom stereocenters. The molecule has 5 heteroatoms. The van der Waals surface area contributed by atoms with E-state index in [0.717, 1.165) is 6.42 Å². The Morgan fingerprint density at radius 3 is 2.57 bits per heavy atom. The number of carbonyl (C=O) groups excluding carboxylic acids is 2. The van der Waals surface area contributed by atoms with Gasteiger partial charge in [0.25, 0.3) is 0 Å². The molecule has 14 heavy (non-hydrogen) atoms. The number of hydrogen-bond acceptors (Lipinski definition) is 4. The third kappa shape index (κ3) is 3.90. The fourth-order valence-corrected chi connectivity index (χ4v) is 0.794. The minimum absolute atomic E-state index is 0.165. The molecule has 0 bridgehead atoms. The average molecular weight is 198 g/mol. The molecule has 0 saturated carbocycles. The van der Waals surface area contributed by atoms with Gasteiger partial charge in [0.15, 0.2) is 0 Å². The van der Waals surface area contributed by atoms with Crippen molar-refractivity contribution in [2.45, 2.75) is 20.3 Å². The lowest BCUT2D eigenvalue weighted by molar-refractivity contribution is -0.149. The molecule has 1 unspecified atom stereocenters. The highest BCUT2D eigenvalue weighted by molar-refractivity contribution is 6.00. The summed E-state index contributed by atoms with van der Waals surface area (Å²) in [5.41, 5.74) is 0. The van der Waals surface area contributed by atoms with Gasteiger partial charge >= 0.3 is 5.97 Å². The first-order valence-electron chi connectivity index (χ1n) is 4.51. The maximum absolute atomic E-state index is 11.2. The van der Waals surface area contributed by atoms with E-state index in [2.05, 4.69) is 10.1 Å². The minimum atomic E-state index is -1.35. The monoisotopic (exact) mass is 198 g/mol. The van der Waals surface area contributed by atoms with Crippen LogP contribution in [0.2, 0.25) is 0 Å². The van der Waals surface area contributed by atoms with Crippen LogP contribution in [0.5, 0.6) is 0 Å². The number of esters is 1. The zero-order valence-electron chi connectivity index (χ0n) is 8.37. The lowest BCUT2D eigenvalue weighted by Gasteiger charge is -2.08. The fraction of sp³-hybridized carbons (Fsp3) is 0.667. The number of amides is 1. The van der Waals surface area contributed by atoms with E-state index in [9.17, 15) is 9.59 Å². The van der Waals surface area contributed by atoms with Gasteiger partial charge in [-0.1, -0.05) is 6.92 Å². The van der Waals surface area contributed by atoms with Crippen molar-refractivity contribution < 1.29 is 14.3 Å². The van der Waals surface area contributed by atoms with Crippen LogP contribution >= 0.6 is 0 Å². The second kappa shape index (κ2) is 6.89. The molecule has 0 aliphatic rings. The molecule has 0 aromatic rings. The summed E-state index contributed by atoms with van der Waals surface area (Å²) in [5, 5.41) is 11.0. The molecule has 0 aliphatic carbocycles. The second-order valence-corrected chi connectivity index (χ2v) is 2.61. The molecule has 78 valence electrons. The Morgan fingerprint density at radius 1 is 1.50 bits per heavy atom. The maximum atomic E-state index is 11.2. The first kappa shape index (κ1) is 12.4. The van der Waals surface area contributed by atoms with Crippen molar-refractivity contribution in [3.05, 3.63) is 0 Å². The number of carbonyl (C=O) groups is 2. The first-order chi connectivity index (χ1) is 6.67. The summed E-state index contributed by atoms with van der Waals surface area (Å²) < 4.78 is 4.57. The summed E-state index contributed by atoms with van der Waals surface area (Å²) in [7, 11) is 0. The Hall–Kier alpha value is -1.57.